The first-order valence-electron chi connectivity index (χ1n) is 7.24. The van der Waals surface area contributed by atoms with Gasteiger partial charge in [-0.05, 0) is 24.3 Å². The molecule has 2 N–H and O–H groups in total. The van der Waals surface area contributed by atoms with Crippen molar-refractivity contribution in [3.05, 3.63) is 71.3 Å². The van der Waals surface area contributed by atoms with E-state index in [-0.39, 0.29) is 28.2 Å². The van der Waals surface area contributed by atoms with Crippen molar-refractivity contribution >= 4 is 17.1 Å². The molecule has 1 heterocycles. The Kier molecular flexibility index (Phi) is 4.25. The molecule has 0 spiro atoms. The molecule has 0 radical (unpaired) electrons. The van der Waals surface area contributed by atoms with Crippen molar-refractivity contribution in [1.29, 1.82) is 10.5 Å². The molecular formula is C18H11F2N5. The number of rotatable bonds is 2. The highest BCUT2D eigenvalue weighted by atomic mass is 19.1. The maximum Gasteiger partial charge on any atom is 0.183 e. The van der Waals surface area contributed by atoms with E-state index in [1.54, 1.807) is 18.2 Å². The van der Waals surface area contributed by atoms with E-state index in [1.807, 2.05) is 6.07 Å². The Morgan fingerprint density at radius 1 is 0.960 bits per heavy atom. The predicted molar refractivity (Wildman–Crippen MR) is 88.1 cm³/mol. The van der Waals surface area contributed by atoms with E-state index in [0.717, 1.165) is 5.01 Å². The van der Waals surface area contributed by atoms with Gasteiger partial charge < -0.3 is 0 Å². The Bertz CT molecular complexity index is 981. The number of hydrazine groups is 1. The fourth-order valence-corrected chi connectivity index (χ4v) is 2.59. The summed E-state index contributed by atoms with van der Waals surface area (Å²) in [5.41, 5.74) is -0.0459. The lowest BCUT2D eigenvalue weighted by Gasteiger charge is -2.31. The largest absolute Gasteiger partial charge is 0.284 e. The first-order chi connectivity index (χ1) is 12.1. The van der Waals surface area contributed by atoms with Crippen molar-refractivity contribution in [1.82, 2.24) is 5.01 Å². The number of nitriles is 2. The number of halogens is 2. The van der Waals surface area contributed by atoms with Gasteiger partial charge in [-0.1, -0.05) is 24.3 Å². The fraction of sp³-hybridized carbons (Fsp3) is 0.0556. The smallest absolute Gasteiger partial charge is 0.183 e. The van der Waals surface area contributed by atoms with Gasteiger partial charge in [0.15, 0.2) is 11.8 Å². The number of nitrogens with two attached hydrogens (primary N) is 1. The quantitative estimate of drug-likeness (QED) is 0.855. The summed E-state index contributed by atoms with van der Waals surface area (Å²) in [6.45, 7) is 0. The van der Waals surface area contributed by atoms with Crippen molar-refractivity contribution in [2.45, 2.75) is 6.04 Å². The summed E-state index contributed by atoms with van der Waals surface area (Å²) in [6, 6.07) is 14.0. The zero-order valence-electron chi connectivity index (χ0n) is 12.8. The molecule has 0 bridgehead atoms. The van der Waals surface area contributed by atoms with Crippen molar-refractivity contribution in [3.8, 4) is 12.1 Å². The summed E-state index contributed by atoms with van der Waals surface area (Å²) in [5, 5.41) is 19.5. The van der Waals surface area contributed by atoms with Gasteiger partial charge >= 0.3 is 0 Å². The molecule has 1 aliphatic rings. The first kappa shape index (κ1) is 16.3. The van der Waals surface area contributed by atoms with Crippen molar-refractivity contribution in [2.75, 3.05) is 0 Å². The van der Waals surface area contributed by atoms with E-state index in [2.05, 4.69) is 4.99 Å². The molecule has 7 heteroatoms. The van der Waals surface area contributed by atoms with Crippen LogP contribution in [0.25, 0.3) is 11.4 Å². The van der Waals surface area contributed by atoms with Gasteiger partial charge in [-0.3, -0.25) is 5.01 Å². The summed E-state index contributed by atoms with van der Waals surface area (Å²) < 4.78 is 28.6. The van der Waals surface area contributed by atoms with Crippen molar-refractivity contribution in [2.24, 2.45) is 10.8 Å². The van der Waals surface area contributed by atoms with E-state index < -0.39 is 17.7 Å². The Balaban J connectivity index is 2.38. The van der Waals surface area contributed by atoms with Gasteiger partial charge in [0, 0.05) is 11.1 Å². The van der Waals surface area contributed by atoms with Gasteiger partial charge in [0.25, 0.3) is 0 Å². The molecule has 0 aliphatic carbocycles. The van der Waals surface area contributed by atoms with E-state index in [9.17, 15) is 19.3 Å². The van der Waals surface area contributed by atoms with Gasteiger partial charge in [0.05, 0.1) is 17.5 Å². The number of nitrogens with zero attached hydrogens (tertiary/aromatic N) is 4. The minimum atomic E-state index is -1.20. The SMILES string of the molecule is N#CC1=NC(c2ccccc2F)=C(c2ccccc2F)N(N)C1C#N. The molecule has 25 heavy (non-hydrogen) atoms. The third-order valence-electron chi connectivity index (χ3n) is 3.75. The molecular weight excluding hydrogens is 324 g/mol. The van der Waals surface area contributed by atoms with Crippen LogP contribution in [0.3, 0.4) is 0 Å². The normalized spacial score (nSPS) is 16.9. The molecule has 3 rings (SSSR count). The molecule has 0 saturated carbocycles. The molecule has 0 aromatic heterocycles. The first-order valence-corrected chi connectivity index (χ1v) is 7.24. The van der Waals surface area contributed by atoms with Crippen molar-refractivity contribution < 1.29 is 8.78 Å². The molecule has 1 aliphatic heterocycles. The minimum Gasteiger partial charge on any atom is -0.284 e. The lowest BCUT2D eigenvalue weighted by atomic mass is 9.99. The van der Waals surface area contributed by atoms with E-state index in [4.69, 9.17) is 5.84 Å². The maximum absolute atomic E-state index is 14.3. The highest BCUT2D eigenvalue weighted by molar-refractivity contribution is 6.12. The van der Waals surface area contributed by atoms with Crippen LogP contribution in [0.15, 0.2) is 53.5 Å². The van der Waals surface area contributed by atoms with Crippen LogP contribution < -0.4 is 5.84 Å². The molecule has 1 unspecified atom stereocenters. The summed E-state index contributed by atoms with van der Waals surface area (Å²) in [5.74, 6) is 4.81. The van der Waals surface area contributed by atoms with E-state index in [1.165, 1.54) is 36.4 Å². The van der Waals surface area contributed by atoms with Gasteiger partial charge in [-0.2, -0.15) is 10.5 Å². The molecule has 1 atom stereocenters. The van der Waals surface area contributed by atoms with Crippen LogP contribution in [0.2, 0.25) is 0 Å². The van der Waals surface area contributed by atoms with Gasteiger partial charge in [-0.15, -0.1) is 0 Å². The molecule has 0 amide bonds. The van der Waals surface area contributed by atoms with Gasteiger partial charge in [0.1, 0.15) is 17.7 Å². The topological polar surface area (TPSA) is 89.2 Å². The van der Waals surface area contributed by atoms with Crippen LogP contribution in [0.4, 0.5) is 8.78 Å². The Morgan fingerprint density at radius 3 is 2.04 bits per heavy atom. The minimum absolute atomic E-state index is 0.00579. The van der Waals surface area contributed by atoms with Gasteiger partial charge in [-0.25, -0.2) is 19.6 Å². The molecule has 0 fully saturated rings. The van der Waals surface area contributed by atoms with Crippen LogP contribution in [0.5, 0.6) is 0 Å². The van der Waals surface area contributed by atoms with E-state index >= 15 is 0 Å². The highest BCUT2D eigenvalue weighted by Crippen LogP contribution is 2.35. The van der Waals surface area contributed by atoms with Crippen LogP contribution >= 0.6 is 0 Å². The second kappa shape index (κ2) is 6.52. The molecule has 2 aromatic carbocycles. The van der Waals surface area contributed by atoms with E-state index in [0.29, 0.717) is 0 Å². The molecule has 122 valence electrons. The summed E-state index contributed by atoms with van der Waals surface area (Å²) >= 11 is 0. The average Bonchev–Trinajstić information content (AvgIpc) is 2.62. The molecule has 5 nitrogen and oxygen atoms in total. The lowest BCUT2D eigenvalue weighted by Crippen LogP contribution is -2.46. The second-order valence-corrected chi connectivity index (χ2v) is 5.20. The Morgan fingerprint density at radius 2 is 1.52 bits per heavy atom. The summed E-state index contributed by atoms with van der Waals surface area (Å²) in [4.78, 5) is 4.12. The monoisotopic (exact) mass is 335 g/mol. The summed E-state index contributed by atoms with van der Waals surface area (Å²) in [7, 11) is 0. The standard InChI is InChI=1S/C18H11F2N5/c19-13-7-3-1-5-11(13)17-18(12-6-2-4-8-14(12)20)25(23)16(10-22)15(9-21)24-17/h1-8,16H,23H2. The number of hydrogen-bond acceptors (Lipinski definition) is 5. The molecule has 0 saturated heterocycles. The molecule has 2 aromatic rings. The highest BCUT2D eigenvalue weighted by Gasteiger charge is 2.33. The van der Waals surface area contributed by atoms with Crippen LogP contribution in [-0.2, 0) is 0 Å². The van der Waals surface area contributed by atoms with Crippen LogP contribution in [-0.4, -0.2) is 16.8 Å². The number of hydrogen-bond donors (Lipinski definition) is 1. The Labute approximate surface area is 142 Å². The number of aliphatic imine (C=N–C) groups is 1. The third-order valence-corrected chi connectivity index (χ3v) is 3.75. The van der Waals surface area contributed by atoms with Crippen molar-refractivity contribution in [3.63, 3.8) is 0 Å². The lowest BCUT2D eigenvalue weighted by molar-refractivity contribution is 0.416. The zero-order valence-corrected chi connectivity index (χ0v) is 12.8. The van der Waals surface area contributed by atoms with Gasteiger partial charge in [0.2, 0.25) is 0 Å². The van der Waals surface area contributed by atoms with Crippen LogP contribution in [0.1, 0.15) is 11.1 Å². The summed E-state index contributed by atoms with van der Waals surface area (Å²) in [6.07, 6.45) is 0. The zero-order chi connectivity index (χ0) is 18.0. The van der Waals surface area contributed by atoms with Crippen LogP contribution in [0, 0.1) is 34.3 Å². The average molecular weight is 335 g/mol. The Hall–Kier alpha value is -3.55. The predicted octanol–water partition coefficient (Wildman–Crippen LogP) is 2.84. The number of benzene rings is 2. The fourth-order valence-electron chi connectivity index (χ4n) is 2.59. The maximum atomic E-state index is 14.3. The third kappa shape index (κ3) is 2.74. The second-order valence-electron chi connectivity index (χ2n) is 5.20.